The van der Waals surface area contributed by atoms with Gasteiger partial charge in [-0.25, -0.2) is 9.97 Å². The van der Waals surface area contributed by atoms with Crippen molar-refractivity contribution in [2.24, 2.45) is 5.41 Å². The molecule has 1 fully saturated rings. The van der Waals surface area contributed by atoms with Crippen LogP contribution >= 0.6 is 11.6 Å². The van der Waals surface area contributed by atoms with E-state index in [-0.39, 0.29) is 10.6 Å². The van der Waals surface area contributed by atoms with Crippen LogP contribution in [0.5, 0.6) is 0 Å². The van der Waals surface area contributed by atoms with Crippen LogP contribution in [0.15, 0.2) is 6.33 Å². The van der Waals surface area contributed by atoms with Crippen LogP contribution in [0, 0.1) is 5.41 Å². The second kappa shape index (κ2) is 5.22. The molecule has 1 aromatic rings. The summed E-state index contributed by atoms with van der Waals surface area (Å²) in [6.45, 7) is 4.49. The van der Waals surface area contributed by atoms with Gasteiger partial charge in [0, 0.05) is 6.04 Å². The number of nitrogens with one attached hydrogen (secondary N) is 1. The maximum Gasteiger partial charge on any atom is 0.156 e. The highest BCUT2D eigenvalue weighted by Crippen LogP contribution is 2.37. The van der Waals surface area contributed by atoms with E-state index < -0.39 is 0 Å². The standard InChI is InChI=1S/C13H18ClN3O/c1-13(2)6-4-3-5-10(13)17-12-9(7-18)11(14)15-8-16-12/h7-8,10H,3-6H2,1-2H3,(H,15,16,17). The van der Waals surface area contributed by atoms with Gasteiger partial charge >= 0.3 is 0 Å². The highest BCUT2D eigenvalue weighted by molar-refractivity contribution is 6.32. The normalized spacial score (nSPS) is 22.5. The van der Waals surface area contributed by atoms with E-state index in [2.05, 4.69) is 29.1 Å². The van der Waals surface area contributed by atoms with Gasteiger partial charge in [-0.1, -0.05) is 38.3 Å². The van der Waals surface area contributed by atoms with Crippen LogP contribution in [0.3, 0.4) is 0 Å². The van der Waals surface area contributed by atoms with E-state index in [0.29, 0.717) is 23.7 Å². The number of carbonyl (C=O) groups excluding carboxylic acids is 1. The number of aldehydes is 1. The first-order valence-corrected chi connectivity index (χ1v) is 6.64. The number of nitrogens with zero attached hydrogens (tertiary/aromatic N) is 2. The molecule has 1 aliphatic rings. The van der Waals surface area contributed by atoms with E-state index in [1.165, 1.54) is 25.6 Å². The summed E-state index contributed by atoms with van der Waals surface area (Å²) in [5, 5.41) is 3.57. The van der Waals surface area contributed by atoms with Crippen molar-refractivity contribution >= 4 is 23.7 Å². The van der Waals surface area contributed by atoms with Crippen LogP contribution in [0.25, 0.3) is 0 Å². The largest absolute Gasteiger partial charge is 0.366 e. The van der Waals surface area contributed by atoms with Gasteiger partial charge in [-0.3, -0.25) is 4.79 Å². The Kier molecular flexibility index (Phi) is 3.85. The Hall–Kier alpha value is -1.16. The molecule has 5 heteroatoms. The molecule has 1 aliphatic carbocycles. The minimum absolute atomic E-state index is 0.204. The second-order valence-corrected chi connectivity index (χ2v) is 5.83. The van der Waals surface area contributed by atoms with Gasteiger partial charge in [-0.05, 0) is 18.3 Å². The van der Waals surface area contributed by atoms with Crippen molar-refractivity contribution in [3.8, 4) is 0 Å². The van der Waals surface area contributed by atoms with Gasteiger partial charge in [-0.2, -0.15) is 0 Å². The van der Waals surface area contributed by atoms with Crippen LogP contribution in [0.4, 0.5) is 5.82 Å². The third-order valence-electron chi connectivity index (χ3n) is 3.77. The van der Waals surface area contributed by atoms with Crippen LogP contribution in [-0.4, -0.2) is 22.3 Å². The van der Waals surface area contributed by atoms with Crippen molar-refractivity contribution in [1.82, 2.24) is 9.97 Å². The quantitative estimate of drug-likeness (QED) is 0.674. The summed E-state index contributed by atoms with van der Waals surface area (Å²) in [5.41, 5.74) is 0.552. The number of aromatic nitrogens is 2. The lowest BCUT2D eigenvalue weighted by Gasteiger charge is -2.39. The molecule has 0 amide bonds. The molecule has 1 heterocycles. The molecule has 1 atom stereocenters. The average molecular weight is 268 g/mol. The summed E-state index contributed by atoms with van der Waals surface area (Å²) in [4.78, 5) is 19.0. The van der Waals surface area contributed by atoms with E-state index in [9.17, 15) is 4.79 Å². The molecule has 0 bridgehead atoms. The minimum Gasteiger partial charge on any atom is -0.366 e. The molecule has 0 radical (unpaired) electrons. The molecule has 1 aromatic heterocycles. The molecule has 0 spiro atoms. The van der Waals surface area contributed by atoms with Crippen molar-refractivity contribution in [2.75, 3.05) is 5.32 Å². The van der Waals surface area contributed by atoms with Crippen LogP contribution in [0.1, 0.15) is 49.9 Å². The fourth-order valence-corrected chi connectivity index (χ4v) is 2.70. The SMILES string of the molecule is CC1(C)CCCCC1Nc1ncnc(Cl)c1C=O. The molecule has 0 aromatic carbocycles. The number of carbonyl (C=O) groups is 1. The number of hydrogen-bond donors (Lipinski definition) is 1. The van der Waals surface area contributed by atoms with Crippen molar-refractivity contribution in [2.45, 2.75) is 45.6 Å². The number of halogens is 1. The lowest BCUT2D eigenvalue weighted by Crippen LogP contribution is -2.39. The highest BCUT2D eigenvalue weighted by atomic mass is 35.5. The smallest absolute Gasteiger partial charge is 0.156 e. The fourth-order valence-electron chi connectivity index (χ4n) is 2.52. The number of hydrogen-bond acceptors (Lipinski definition) is 4. The first-order chi connectivity index (χ1) is 8.54. The van der Waals surface area contributed by atoms with Crippen LogP contribution in [-0.2, 0) is 0 Å². The first kappa shape index (κ1) is 13.3. The van der Waals surface area contributed by atoms with Crippen LogP contribution < -0.4 is 5.32 Å². The number of rotatable bonds is 3. The van der Waals surface area contributed by atoms with Crippen LogP contribution in [0.2, 0.25) is 5.15 Å². The zero-order chi connectivity index (χ0) is 13.2. The van der Waals surface area contributed by atoms with Crippen molar-refractivity contribution in [1.29, 1.82) is 0 Å². The maximum absolute atomic E-state index is 11.0. The molecule has 1 N–H and O–H groups in total. The van der Waals surface area contributed by atoms with Crippen molar-refractivity contribution < 1.29 is 4.79 Å². The van der Waals surface area contributed by atoms with Gasteiger partial charge in [0.05, 0.1) is 5.56 Å². The Bertz CT molecular complexity index is 448. The molecule has 2 rings (SSSR count). The molecule has 4 nitrogen and oxygen atoms in total. The molecular formula is C13H18ClN3O. The summed E-state index contributed by atoms with van der Waals surface area (Å²) in [5.74, 6) is 0.546. The summed E-state index contributed by atoms with van der Waals surface area (Å²) >= 11 is 5.90. The summed E-state index contributed by atoms with van der Waals surface area (Å²) in [6.07, 6.45) is 6.83. The third kappa shape index (κ3) is 2.64. The molecular weight excluding hydrogens is 250 g/mol. The zero-order valence-electron chi connectivity index (χ0n) is 10.7. The highest BCUT2D eigenvalue weighted by Gasteiger charge is 2.32. The van der Waals surface area contributed by atoms with Crippen molar-refractivity contribution in [3.63, 3.8) is 0 Å². The Morgan fingerprint density at radius 1 is 1.44 bits per heavy atom. The fraction of sp³-hybridized carbons (Fsp3) is 0.615. The van der Waals surface area contributed by atoms with E-state index >= 15 is 0 Å². The summed E-state index contributed by atoms with van der Waals surface area (Å²) < 4.78 is 0. The van der Waals surface area contributed by atoms with Gasteiger partial charge in [0.2, 0.25) is 0 Å². The number of anilines is 1. The minimum atomic E-state index is 0.204. The third-order valence-corrected chi connectivity index (χ3v) is 4.07. The molecule has 0 aliphatic heterocycles. The van der Waals surface area contributed by atoms with Gasteiger partial charge in [0.15, 0.2) is 6.29 Å². The molecule has 1 unspecified atom stereocenters. The molecule has 0 saturated heterocycles. The average Bonchev–Trinajstić information content (AvgIpc) is 2.32. The van der Waals surface area contributed by atoms with E-state index in [1.54, 1.807) is 0 Å². The predicted molar refractivity (Wildman–Crippen MR) is 72.1 cm³/mol. The zero-order valence-corrected chi connectivity index (χ0v) is 11.5. The Morgan fingerprint density at radius 2 is 2.22 bits per heavy atom. The van der Waals surface area contributed by atoms with E-state index in [4.69, 9.17) is 11.6 Å². The van der Waals surface area contributed by atoms with E-state index in [1.807, 2.05) is 0 Å². The maximum atomic E-state index is 11.0. The Morgan fingerprint density at radius 3 is 2.89 bits per heavy atom. The Labute approximate surface area is 112 Å². The lowest BCUT2D eigenvalue weighted by molar-refractivity contribution is 0.112. The van der Waals surface area contributed by atoms with Gasteiger partial charge < -0.3 is 5.32 Å². The topological polar surface area (TPSA) is 54.9 Å². The summed E-state index contributed by atoms with van der Waals surface area (Å²) in [7, 11) is 0. The lowest BCUT2D eigenvalue weighted by atomic mass is 9.73. The predicted octanol–water partition coefficient (Wildman–Crippen LogP) is 3.32. The molecule has 98 valence electrons. The summed E-state index contributed by atoms with van der Waals surface area (Å²) in [6, 6.07) is 0.316. The molecule has 1 saturated carbocycles. The van der Waals surface area contributed by atoms with Gasteiger partial charge in [0.25, 0.3) is 0 Å². The first-order valence-electron chi connectivity index (χ1n) is 6.27. The van der Waals surface area contributed by atoms with Crippen molar-refractivity contribution in [3.05, 3.63) is 17.0 Å². The second-order valence-electron chi connectivity index (χ2n) is 5.48. The Balaban J connectivity index is 2.23. The monoisotopic (exact) mass is 267 g/mol. The van der Waals surface area contributed by atoms with Gasteiger partial charge in [0.1, 0.15) is 17.3 Å². The molecule has 18 heavy (non-hydrogen) atoms. The van der Waals surface area contributed by atoms with E-state index in [0.717, 1.165) is 6.42 Å². The van der Waals surface area contributed by atoms with Gasteiger partial charge in [-0.15, -0.1) is 0 Å².